The minimum Gasteiger partial charge on any atom is -0.311 e. The van der Waals surface area contributed by atoms with Gasteiger partial charge in [0.2, 0.25) is 0 Å². The number of hydrogen-bond acceptors (Lipinski definition) is 2. The van der Waals surface area contributed by atoms with Crippen LogP contribution < -0.4 is 5.32 Å². The van der Waals surface area contributed by atoms with Crippen LogP contribution in [0, 0.1) is 0 Å². The van der Waals surface area contributed by atoms with Crippen molar-refractivity contribution in [2.45, 2.75) is 19.0 Å². The van der Waals surface area contributed by atoms with E-state index in [1.54, 1.807) is 0 Å². The molecule has 0 bridgehead atoms. The van der Waals surface area contributed by atoms with Gasteiger partial charge in [0.15, 0.2) is 0 Å². The molecule has 76 valence electrons. The lowest BCUT2D eigenvalue weighted by Gasteiger charge is -2.37. The third kappa shape index (κ3) is 1.97. The Morgan fingerprint density at radius 1 is 1.29 bits per heavy atom. The highest BCUT2D eigenvalue weighted by Gasteiger charge is 2.23. The topological polar surface area (TPSA) is 15.3 Å². The van der Waals surface area contributed by atoms with E-state index in [-0.39, 0.29) is 0 Å². The standard InChI is InChI=1S/C12H18N2/c1-10-9-14(2)12(8-13-10)11-6-4-3-5-7-11/h3-7,10,12-13H,8-9H2,1-2H3. The second kappa shape index (κ2) is 4.11. The summed E-state index contributed by atoms with van der Waals surface area (Å²) in [5.74, 6) is 0. The van der Waals surface area contributed by atoms with Crippen molar-refractivity contribution >= 4 is 0 Å². The van der Waals surface area contributed by atoms with Gasteiger partial charge < -0.3 is 5.32 Å². The molecule has 0 aliphatic carbocycles. The molecule has 1 aliphatic heterocycles. The van der Waals surface area contributed by atoms with Gasteiger partial charge in [0.1, 0.15) is 0 Å². The Hall–Kier alpha value is -0.860. The Kier molecular flexibility index (Phi) is 2.85. The van der Waals surface area contributed by atoms with Crippen LogP contribution in [0.3, 0.4) is 0 Å². The molecule has 1 aliphatic rings. The van der Waals surface area contributed by atoms with Gasteiger partial charge in [-0.15, -0.1) is 0 Å². The molecule has 0 amide bonds. The van der Waals surface area contributed by atoms with E-state index in [2.05, 4.69) is 54.5 Å². The fraction of sp³-hybridized carbons (Fsp3) is 0.500. The van der Waals surface area contributed by atoms with Crippen LogP contribution in [0.5, 0.6) is 0 Å². The van der Waals surface area contributed by atoms with Gasteiger partial charge in [0.25, 0.3) is 0 Å². The molecule has 1 heterocycles. The van der Waals surface area contributed by atoms with Gasteiger partial charge >= 0.3 is 0 Å². The SMILES string of the molecule is CC1CN(C)C(c2ccccc2)CN1. The van der Waals surface area contributed by atoms with Crippen LogP contribution in [0.25, 0.3) is 0 Å². The molecule has 0 spiro atoms. The molecular weight excluding hydrogens is 172 g/mol. The summed E-state index contributed by atoms with van der Waals surface area (Å²) < 4.78 is 0. The normalized spacial score (nSPS) is 29.0. The van der Waals surface area contributed by atoms with Gasteiger partial charge in [0.05, 0.1) is 0 Å². The predicted octanol–water partition coefficient (Wildman–Crippen LogP) is 1.65. The zero-order chi connectivity index (χ0) is 9.97. The van der Waals surface area contributed by atoms with Gasteiger partial charge in [-0.1, -0.05) is 30.3 Å². The molecule has 1 fully saturated rings. The summed E-state index contributed by atoms with van der Waals surface area (Å²) in [6, 6.07) is 11.9. The molecule has 2 heteroatoms. The zero-order valence-electron chi connectivity index (χ0n) is 8.90. The monoisotopic (exact) mass is 190 g/mol. The maximum atomic E-state index is 3.52. The quantitative estimate of drug-likeness (QED) is 0.724. The Balaban J connectivity index is 2.12. The van der Waals surface area contributed by atoms with Crippen LogP contribution in [0.2, 0.25) is 0 Å². The smallest absolute Gasteiger partial charge is 0.0470 e. The highest BCUT2D eigenvalue weighted by atomic mass is 15.2. The van der Waals surface area contributed by atoms with Crippen molar-refractivity contribution in [3.8, 4) is 0 Å². The fourth-order valence-corrected chi connectivity index (χ4v) is 2.14. The minimum absolute atomic E-state index is 0.535. The van der Waals surface area contributed by atoms with E-state index in [1.165, 1.54) is 5.56 Å². The number of likely N-dealkylation sites (N-methyl/N-ethyl adjacent to an activating group) is 1. The van der Waals surface area contributed by atoms with E-state index < -0.39 is 0 Å². The third-order valence-electron chi connectivity index (χ3n) is 2.94. The average Bonchev–Trinajstić information content (AvgIpc) is 2.19. The van der Waals surface area contributed by atoms with Crippen molar-refractivity contribution in [2.75, 3.05) is 20.1 Å². The number of piperazine rings is 1. The molecule has 2 nitrogen and oxygen atoms in total. The maximum absolute atomic E-state index is 3.52. The lowest BCUT2D eigenvalue weighted by Crippen LogP contribution is -2.49. The molecule has 1 saturated heterocycles. The molecule has 1 aromatic carbocycles. The van der Waals surface area contributed by atoms with E-state index in [4.69, 9.17) is 0 Å². The highest BCUT2D eigenvalue weighted by molar-refractivity contribution is 5.20. The molecule has 0 aromatic heterocycles. The molecule has 2 atom stereocenters. The number of benzene rings is 1. The Morgan fingerprint density at radius 2 is 2.00 bits per heavy atom. The lowest BCUT2D eigenvalue weighted by molar-refractivity contribution is 0.171. The summed E-state index contributed by atoms with van der Waals surface area (Å²) in [4.78, 5) is 2.43. The summed E-state index contributed by atoms with van der Waals surface area (Å²) in [7, 11) is 2.20. The van der Waals surface area contributed by atoms with Crippen LogP contribution in [0.4, 0.5) is 0 Å². The van der Waals surface area contributed by atoms with Crippen LogP contribution in [-0.4, -0.2) is 31.1 Å². The first-order chi connectivity index (χ1) is 6.77. The van der Waals surface area contributed by atoms with Gasteiger partial charge in [-0.3, -0.25) is 4.90 Å². The largest absolute Gasteiger partial charge is 0.311 e. The third-order valence-corrected chi connectivity index (χ3v) is 2.94. The van der Waals surface area contributed by atoms with Crippen molar-refractivity contribution in [1.82, 2.24) is 10.2 Å². The van der Waals surface area contributed by atoms with Crippen LogP contribution in [0.1, 0.15) is 18.5 Å². The first-order valence-electron chi connectivity index (χ1n) is 5.26. The Morgan fingerprint density at radius 3 is 2.64 bits per heavy atom. The van der Waals surface area contributed by atoms with Crippen molar-refractivity contribution in [3.63, 3.8) is 0 Å². The Bertz CT molecular complexity index is 284. The number of nitrogens with one attached hydrogen (secondary N) is 1. The van der Waals surface area contributed by atoms with Gasteiger partial charge in [-0.2, -0.15) is 0 Å². The van der Waals surface area contributed by atoms with E-state index in [0.717, 1.165) is 13.1 Å². The highest BCUT2D eigenvalue weighted by Crippen LogP contribution is 2.21. The number of rotatable bonds is 1. The molecule has 2 rings (SSSR count). The maximum Gasteiger partial charge on any atom is 0.0470 e. The van der Waals surface area contributed by atoms with E-state index in [0.29, 0.717) is 12.1 Å². The summed E-state index contributed by atoms with van der Waals surface area (Å²) in [6.07, 6.45) is 0. The van der Waals surface area contributed by atoms with Gasteiger partial charge in [0, 0.05) is 25.2 Å². The molecule has 0 radical (unpaired) electrons. The first kappa shape index (κ1) is 9.69. The number of hydrogen-bond donors (Lipinski definition) is 1. The summed E-state index contributed by atoms with van der Waals surface area (Å²) in [5, 5.41) is 3.52. The van der Waals surface area contributed by atoms with E-state index in [9.17, 15) is 0 Å². The average molecular weight is 190 g/mol. The molecule has 1 N–H and O–H groups in total. The summed E-state index contributed by atoms with van der Waals surface area (Å²) in [5.41, 5.74) is 1.41. The predicted molar refractivity (Wildman–Crippen MR) is 59.3 cm³/mol. The second-order valence-electron chi connectivity index (χ2n) is 4.18. The molecule has 0 saturated carbocycles. The molecule has 2 unspecified atom stereocenters. The lowest BCUT2D eigenvalue weighted by atomic mass is 10.0. The van der Waals surface area contributed by atoms with Crippen molar-refractivity contribution in [2.24, 2.45) is 0 Å². The summed E-state index contributed by atoms with van der Waals surface area (Å²) >= 11 is 0. The van der Waals surface area contributed by atoms with Crippen molar-refractivity contribution < 1.29 is 0 Å². The second-order valence-corrected chi connectivity index (χ2v) is 4.18. The van der Waals surface area contributed by atoms with Crippen LogP contribution in [0.15, 0.2) is 30.3 Å². The Labute approximate surface area is 85.9 Å². The fourth-order valence-electron chi connectivity index (χ4n) is 2.14. The van der Waals surface area contributed by atoms with Crippen LogP contribution >= 0.6 is 0 Å². The first-order valence-corrected chi connectivity index (χ1v) is 5.26. The van der Waals surface area contributed by atoms with Crippen molar-refractivity contribution in [3.05, 3.63) is 35.9 Å². The van der Waals surface area contributed by atoms with Crippen molar-refractivity contribution in [1.29, 1.82) is 0 Å². The van der Waals surface area contributed by atoms with E-state index in [1.807, 2.05) is 0 Å². The van der Waals surface area contributed by atoms with Gasteiger partial charge in [-0.05, 0) is 19.5 Å². The molecule has 1 aromatic rings. The zero-order valence-corrected chi connectivity index (χ0v) is 8.90. The molecule has 14 heavy (non-hydrogen) atoms. The van der Waals surface area contributed by atoms with Crippen LogP contribution in [-0.2, 0) is 0 Å². The molecular formula is C12H18N2. The van der Waals surface area contributed by atoms with Gasteiger partial charge in [-0.25, -0.2) is 0 Å². The summed E-state index contributed by atoms with van der Waals surface area (Å²) in [6.45, 7) is 4.42. The number of nitrogens with zero attached hydrogens (tertiary/aromatic N) is 1. The van der Waals surface area contributed by atoms with E-state index >= 15 is 0 Å². The minimum atomic E-state index is 0.535.